The van der Waals surface area contributed by atoms with Crippen molar-refractivity contribution in [3.63, 3.8) is 0 Å². The zero-order valence-corrected chi connectivity index (χ0v) is 11.7. The molecule has 0 aliphatic carbocycles. The monoisotopic (exact) mass is 278 g/mol. The summed E-state index contributed by atoms with van der Waals surface area (Å²) in [5.41, 5.74) is 5.54. The summed E-state index contributed by atoms with van der Waals surface area (Å²) in [6.45, 7) is 1.49. The van der Waals surface area contributed by atoms with Gasteiger partial charge in [-0.25, -0.2) is 0 Å². The molecule has 6 heteroatoms. The summed E-state index contributed by atoms with van der Waals surface area (Å²) in [6.07, 6.45) is 4.77. The summed E-state index contributed by atoms with van der Waals surface area (Å²) in [5, 5.41) is 9.59. The minimum absolute atomic E-state index is 0.449. The minimum Gasteiger partial charge on any atom is -0.464 e. The van der Waals surface area contributed by atoms with Crippen LogP contribution in [-0.2, 0) is 25.3 Å². The van der Waals surface area contributed by atoms with Crippen LogP contribution in [0.2, 0.25) is 0 Å². The lowest BCUT2D eigenvalue weighted by Gasteiger charge is -2.05. The molecule has 0 amide bonds. The van der Waals surface area contributed by atoms with Gasteiger partial charge in [-0.1, -0.05) is 18.2 Å². The van der Waals surface area contributed by atoms with Crippen LogP contribution in [-0.4, -0.2) is 14.8 Å². The van der Waals surface area contributed by atoms with E-state index in [0.717, 1.165) is 41.2 Å². The second kappa shape index (κ2) is 5.79. The maximum absolute atomic E-state index is 5.60. The fourth-order valence-corrected chi connectivity index (χ4v) is 3.19. The van der Waals surface area contributed by atoms with Gasteiger partial charge in [0, 0.05) is 13.0 Å². The zero-order valence-electron chi connectivity index (χ0n) is 10.8. The molecule has 0 unspecified atom stereocenters. The summed E-state index contributed by atoms with van der Waals surface area (Å²) >= 11 is 1.68. The standard InChI is InChI=1S/C13H18N4OS/c14-8-10-5-6-11(18-10)9-19-13-16-15-12-4-2-1-3-7-17(12)13/h5-6H,1-4,7-9,14H2. The van der Waals surface area contributed by atoms with Crippen LogP contribution in [0.3, 0.4) is 0 Å². The number of nitrogens with zero attached hydrogens (tertiary/aromatic N) is 3. The van der Waals surface area contributed by atoms with Gasteiger partial charge < -0.3 is 14.7 Å². The van der Waals surface area contributed by atoms with Gasteiger partial charge in [0.1, 0.15) is 17.3 Å². The highest BCUT2D eigenvalue weighted by Crippen LogP contribution is 2.25. The smallest absolute Gasteiger partial charge is 0.191 e. The molecule has 0 aromatic carbocycles. The highest BCUT2D eigenvalue weighted by Gasteiger charge is 2.15. The molecule has 0 radical (unpaired) electrons. The van der Waals surface area contributed by atoms with Crippen molar-refractivity contribution in [2.24, 2.45) is 5.73 Å². The molecule has 19 heavy (non-hydrogen) atoms. The molecular weight excluding hydrogens is 260 g/mol. The second-order valence-electron chi connectivity index (χ2n) is 4.72. The van der Waals surface area contributed by atoms with Crippen molar-refractivity contribution in [2.75, 3.05) is 0 Å². The van der Waals surface area contributed by atoms with Crippen LogP contribution in [0.4, 0.5) is 0 Å². The second-order valence-corrected chi connectivity index (χ2v) is 5.66. The molecular formula is C13H18N4OS. The number of nitrogens with two attached hydrogens (primary N) is 1. The molecule has 0 bridgehead atoms. The van der Waals surface area contributed by atoms with E-state index in [9.17, 15) is 0 Å². The number of hydrogen-bond acceptors (Lipinski definition) is 5. The largest absolute Gasteiger partial charge is 0.464 e. The van der Waals surface area contributed by atoms with Crippen LogP contribution in [0, 0.1) is 0 Å². The van der Waals surface area contributed by atoms with Crippen molar-refractivity contribution in [3.05, 3.63) is 29.5 Å². The molecule has 102 valence electrons. The first-order chi connectivity index (χ1) is 9.36. The van der Waals surface area contributed by atoms with Crippen molar-refractivity contribution < 1.29 is 4.42 Å². The van der Waals surface area contributed by atoms with Crippen molar-refractivity contribution in [2.45, 2.75) is 49.7 Å². The summed E-state index contributed by atoms with van der Waals surface area (Å²) in [4.78, 5) is 0. The van der Waals surface area contributed by atoms with Crippen LogP contribution in [0.25, 0.3) is 0 Å². The molecule has 3 heterocycles. The number of rotatable bonds is 4. The highest BCUT2D eigenvalue weighted by atomic mass is 32.2. The summed E-state index contributed by atoms with van der Waals surface area (Å²) < 4.78 is 7.85. The van der Waals surface area contributed by atoms with Crippen molar-refractivity contribution in [3.8, 4) is 0 Å². The Morgan fingerprint density at radius 1 is 1.21 bits per heavy atom. The van der Waals surface area contributed by atoms with E-state index in [0.29, 0.717) is 6.54 Å². The van der Waals surface area contributed by atoms with Crippen LogP contribution >= 0.6 is 11.8 Å². The molecule has 1 aliphatic heterocycles. The first kappa shape index (κ1) is 12.7. The molecule has 0 saturated heterocycles. The van der Waals surface area contributed by atoms with E-state index in [1.165, 1.54) is 19.3 Å². The summed E-state index contributed by atoms with van der Waals surface area (Å²) in [7, 11) is 0. The van der Waals surface area contributed by atoms with E-state index >= 15 is 0 Å². The molecule has 0 spiro atoms. The lowest BCUT2D eigenvalue weighted by molar-refractivity contribution is 0.482. The predicted octanol–water partition coefficient (Wildman–Crippen LogP) is 2.35. The van der Waals surface area contributed by atoms with Crippen molar-refractivity contribution in [1.82, 2.24) is 14.8 Å². The fraction of sp³-hybridized carbons (Fsp3) is 0.538. The number of furan rings is 1. The minimum atomic E-state index is 0.449. The maximum atomic E-state index is 5.60. The van der Waals surface area contributed by atoms with Crippen LogP contribution in [0.15, 0.2) is 21.7 Å². The average Bonchev–Trinajstić information content (AvgIpc) is 2.97. The molecule has 0 saturated carbocycles. The number of aromatic nitrogens is 3. The Kier molecular flexibility index (Phi) is 3.89. The number of thioether (sulfide) groups is 1. The van der Waals surface area contributed by atoms with Gasteiger partial charge in [0.25, 0.3) is 0 Å². The molecule has 2 aromatic heterocycles. The van der Waals surface area contributed by atoms with Gasteiger partial charge in [0.2, 0.25) is 0 Å². The van der Waals surface area contributed by atoms with Gasteiger partial charge in [-0.05, 0) is 25.0 Å². The lowest BCUT2D eigenvalue weighted by atomic mass is 10.2. The quantitative estimate of drug-likeness (QED) is 0.869. The molecule has 5 nitrogen and oxygen atoms in total. The molecule has 2 aromatic rings. The van der Waals surface area contributed by atoms with Gasteiger partial charge >= 0.3 is 0 Å². The first-order valence-corrected chi connectivity index (χ1v) is 7.68. The molecule has 1 aliphatic rings. The summed E-state index contributed by atoms with van der Waals surface area (Å²) in [5.74, 6) is 3.67. The number of aryl methyl sites for hydroxylation is 1. The van der Waals surface area contributed by atoms with Gasteiger partial charge in [0.05, 0.1) is 12.3 Å². The van der Waals surface area contributed by atoms with E-state index in [-0.39, 0.29) is 0 Å². The Hall–Kier alpha value is -1.27. The highest BCUT2D eigenvalue weighted by molar-refractivity contribution is 7.98. The van der Waals surface area contributed by atoms with Gasteiger partial charge in [-0.2, -0.15) is 0 Å². The van der Waals surface area contributed by atoms with E-state index in [4.69, 9.17) is 10.2 Å². The third kappa shape index (κ3) is 2.84. The average molecular weight is 278 g/mol. The van der Waals surface area contributed by atoms with Crippen molar-refractivity contribution >= 4 is 11.8 Å². The Morgan fingerprint density at radius 2 is 2.11 bits per heavy atom. The fourth-order valence-electron chi connectivity index (χ4n) is 2.31. The van der Waals surface area contributed by atoms with Gasteiger partial charge in [0.15, 0.2) is 5.16 Å². The molecule has 2 N–H and O–H groups in total. The maximum Gasteiger partial charge on any atom is 0.191 e. The normalized spacial score (nSPS) is 15.2. The van der Waals surface area contributed by atoms with E-state index in [1.807, 2.05) is 12.1 Å². The molecule has 0 atom stereocenters. The third-order valence-corrected chi connectivity index (χ3v) is 4.33. The van der Waals surface area contributed by atoms with E-state index in [1.54, 1.807) is 11.8 Å². The Morgan fingerprint density at radius 3 is 2.95 bits per heavy atom. The lowest BCUT2D eigenvalue weighted by Crippen LogP contribution is -2.02. The van der Waals surface area contributed by atoms with Gasteiger partial charge in [-0.3, -0.25) is 0 Å². The third-order valence-electron chi connectivity index (χ3n) is 3.34. The van der Waals surface area contributed by atoms with Gasteiger partial charge in [-0.15, -0.1) is 10.2 Å². The topological polar surface area (TPSA) is 69.9 Å². The predicted molar refractivity (Wildman–Crippen MR) is 73.7 cm³/mol. The Labute approximate surface area is 116 Å². The van der Waals surface area contributed by atoms with Crippen LogP contribution in [0.1, 0.15) is 36.6 Å². The van der Waals surface area contributed by atoms with Crippen LogP contribution < -0.4 is 5.73 Å². The Balaban J connectivity index is 1.68. The molecule has 0 fully saturated rings. The van der Waals surface area contributed by atoms with E-state index < -0.39 is 0 Å². The van der Waals surface area contributed by atoms with E-state index in [2.05, 4.69) is 14.8 Å². The molecule has 3 rings (SSSR count). The van der Waals surface area contributed by atoms with Crippen LogP contribution in [0.5, 0.6) is 0 Å². The SMILES string of the molecule is NCc1ccc(CSc2nnc3n2CCCCC3)o1. The zero-order chi connectivity index (χ0) is 13.1. The number of hydrogen-bond donors (Lipinski definition) is 1. The Bertz CT molecular complexity index is 549. The van der Waals surface area contributed by atoms with Crippen molar-refractivity contribution in [1.29, 1.82) is 0 Å². The first-order valence-electron chi connectivity index (χ1n) is 6.69. The summed E-state index contributed by atoms with van der Waals surface area (Å²) in [6, 6.07) is 3.91. The number of fused-ring (bicyclic) bond motifs is 1.